The van der Waals surface area contributed by atoms with Crippen LogP contribution in [0.3, 0.4) is 0 Å². The molecule has 2 aromatic rings. The molecule has 0 saturated carbocycles. The Hall–Kier alpha value is -1.24. The van der Waals surface area contributed by atoms with Crippen molar-refractivity contribution >= 4 is 28.6 Å². The minimum absolute atomic E-state index is 0.193. The van der Waals surface area contributed by atoms with Crippen LogP contribution in [0.15, 0.2) is 17.6 Å². The summed E-state index contributed by atoms with van der Waals surface area (Å²) in [6.45, 7) is 3.66. The summed E-state index contributed by atoms with van der Waals surface area (Å²) < 4.78 is 4.65. The van der Waals surface area contributed by atoms with Crippen molar-refractivity contribution in [1.82, 2.24) is 10.3 Å². The summed E-state index contributed by atoms with van der Waals surface area (Å²) in [6.07, 6.45) is 0.356. The van der Waals surface area contributed by atoms with Crippen molar-refractivity contribution in [2.24, 2.45) is 0 Å². The van der Waals surface area contributed by atoms with Gasteiger partial charge in [0.1, 0.15) is 0 Å². The van der Waals surface area contributed by atoms with E-state index in [1.807, 2.05) is 18.5 Å². The van der Waals surface area contributed by atoms with Gasteiger partial charge >= 0.3 is 5.97 Å². The summed E-state index contributed by atoms with van der Waals surface area (Å²) in [5.41, 5.74) is 2.96. The fourth-order valence-electron chi connectivity index (χ4n) is 1.62. The first-order valence-corrected chi connectivity index (χ1v) is 7.62. The van der Waals surface area contributed by atoms with E-state index >= 15 is 0 Å². The molecule has 0 amide bonds. The Kier molecular flexibility index (Phi) is 5.07. The maximum atomic E-state index is 11.2. The van der Waals surface area contributed by atoms with Gasteiger partial charge in [0.2, 0.25) is 0 Å². The van der Waals surface area contributed by atoms with Gasteiger partial charge in [-0.2, -0.15) is 0 Å². The molecule has 0 aliphatic rings. The second-order valence-electron chi connectivity index (χ2n) is 4.09. The normalized spacial score (nSPS) is 10.6. The molecule has 19 heavy (non-hydrogen) atoms. The molecule has 2 rings (SSSR count). The van der Waals surface area contributed by atoms with Crippen molar-refractivity contribution in [3.8, 4) is 0 Å². The van der Waals surface area contributed by atoms with E-state index in [2.05, 4.69) is 21.1 Å². The fourth-order valence-corrected chi connectivity index (χ4v) is 3.34. The second-order valence-corrected chi connectivity index (χ2v) is 6.28. The quantitative estimate of drug-likeness (QED) is 0.832. The van der Waals surface area contributed by atoms with Gasteiger partial charge < -0.3 is 10.1 Å². The van der Waals surface area contributed by atoms with Crippen LogP contribution in [0.5, 0.6) is 0 Å². The molecular weight excluding hydrogens is 280 g/mol. The molecule has 0 fully saturated rings. The Morgan fingerprint density at radius 3 is 2.84 bits per heavy atom. The topological polar surface area (TPSA) is 51.2 Å². The number of rotatable bonds is 6. The lowest BCUT2D eigenvalue weighted by molar-refractivity contribution is -0.139. The third kappa shape index (κ3) is 4.12. The highest BCUT2D eigenvalue weighted by Gasteiger charge is 2.06. The van der Waals surface area contributed by atoms with Crippen molar-refractivity contribution in [3.63, 3.8) is 0 Å². The van der Waals surface area contributed by atoms with Crippen molar-refractivity contribution in [3.05, 3.63) is 38.0 Å². The van der Waals surface area contributed by atoms with Gasteiger partial charge in [-0.25, -0.2) is 4.98 Å². The predicted molar refractivity (Wildman–Crippen MR) is 77.4 cm³/mol. The van der Waals surface area contributed by atoms with Crippen molar-refractivity contribution in [2.75, 3.05) is 7.11 Å². The summed E-state index contributed by atoms with van der Waals surface area (Å²) in [6, 6.07) is 4.03. The molecular formula is C13H16N2O2S2. The van der Waals surface area contributed by atoms with Crippen LogP contribution in [0.2, 0.25) is 0 Å². The lowest BCUT2D eigenvalue weighted by atomic mass is 10.3. The summed E-state index contributed by atoms with van der Waals surface area (Å²) >= 11 is 3.31. The van der Waals surface area contributed by atoms with Crippen LogP contribution in [0.1, 0.15) is 20.3 Å². The number of aromatic nitrogens is 1. The maximum absolute atomic E-state index is 11.2. The fraction of sp³-hybridized carbons (Fsp3) is 0.385. The van der Waals surface area contributed by atoms with Gasteiger partial charge in [-0.1, -0.05) is 0 Å². The minimum atomic E-state index is -0.193. The Bertz CT molecular complexity index is 548. The van der Waals surface area contributed by atoms with Crippen LogP contribution in [-0.4, -0.2) is 18.1 Å². The number of aryl methyl sites for hydroxylation is 1. The molecule has 0 radical (unpaired) electrons. The number of nitrogens with one attached hydrogen (secondary N) is 1. The van der Waals surface area contributed by atoms with Crippen LogP contribution in [0.4, 0.5) is 0 Å². The minimum Gasteiger partial charge on any atom is -0.469 e. The van der Waals surface area contributed by atoms with Gasteiger partial charge in [-0.05, 0) is 19.1 Å². The summed E-state index contributed by atoms with van der Waals surface area (Å²) in [7, 11) is 1.41. The number of thiophene rings is 1. The standard InChI is InChI=1S/C13H16N2O2S2/c1-9-12(18-8-15-9)7-14-6-11-4-3-10(19-11)5-13(16)17-2/h3-4,8,14H,5-7H2,1-2H3. The summed E-state index contributed by atoms with van der Waals surface area (Å²) in [5, 5.41) is 3.39. The number of thiazole rings is 1. The number of ether oxygens (including phenoxy) is 1. The molecule has 6 heteroatoms. The second kappa shape index (κ2) is 6.79. The Labute approximate surface area is 120 Å². The highest BCUT2D eigenvalue weighted by molar-refractivity contribution is 7.12. The lowest BCUT2D eigenvalue weighted by Crippen LogP contribution is -2.11. The number of esters is 1. The molecule has 2 heterocycles. The largest absolute Gasteiger partial charge is 0.469 e. The van der Waals surface area contributed by atoms with Crippen molar-refractivity contribution < 1.29 is 9.53 Å². The van der Waals surface area contributed by atoms with Crippen LogP contribution in [0.25, 0.3) is 0 Å². The zero-order valence-electron chi connectivity index (χ0n) is 10.9. The first kappa shape index (κ1) is 14.2. The van der Waals surface area contributed by atoms with Gasteiger partial charge in [-0.3, -0.25) is 4.79 Å². The van der Waals surface area contributed by atoms with Gasteiger partial charge in [-0.15, -0.1) is 22.7 Å². The van der Waals surface area contributed by atoms with Crippen molar-refractivity contribution in [2.45, 2.75) is 26.4 Å². The number of nitrogens with zero attached hydrogens (tertiary/aromatic N) is 1. The molecule has 0 atom stereocenters. The average Bonchev–Trinajstić information content (AvgIpc) is 3.00. The van der Waals surface area contributed by atoms with Gasteiger partial charge in [0.05, 0.1) is 24.7 Å². The van der Waals surface area contributed by atoms with E-state index in [9.17, 15) is 4.79 Å². The number of carbonyl (C=O) groups is 1. The molecule has 0 aliphatic heterocycles. The smallest absolute Gasteiger partial charge is 0.310 e. The highest BCUT2D eigenvalue weighted by Crippen LogP contribution is 2.18. The molecule has 102 valence electrons. The molecule has 1 N–H and O–H groups in total. The Morgan fingerprint density at radius 2 is 2.16 bits per heavy atom. The number of carbonyl (C=O) groups excluding carboxylic acids is 1. The third-order valence-electron chi connectivity index (χ3n) is 2.69. The van der Waals surface area contributed by atoms with Crippen LogP contribution in [-0.2, 0) is 29.0 Å². The summed E-state index contributed by atoms with van der Waals surface area (Å²) in [4.78, 5) is 18.9. The number of hydrogen-bond donors (Lipinski definition) is 1. The molecule has 4 nitrogen and oxygen atoms in total. The van der Waals surface area contributed by atoms with Crippen LogP contribution >= 0.6 is 22.7 Å². The van der Waals surface area contributed by atoms with Crippen LogP contribution in [0, 0.1) is 6.92 Å². The molecule has 0 aromatic carbocycles. The van der Waals surface area contributed by atoms with Gasteiger partial charge in [0.25, 0.3) is 0 Å². The lowest BCUT2D eigenvalue weighted by Gasteiger charge is -2.01. The monoisotopic (exact) mass is 296 g/mol. The predicted octanol–water partition coefficient (Wildman–Crippen LogP) is 2.52. The average molecular weight is 296 g/mol. The summed E-state index contributed by atoms with van der Waals surface area (Å²) in [5.74, 6) is -0.193. The zero-order valence-corrected chi connectivity index (χ0v) is 12.6. The van der Waals surface area contributed by atoms with Crippen LogP contribution < -0.4 is 5.32 Å². The van der Waals surface area contributed by atoms with Crippen molar-refractivity contribution in [1.29, 1.82) is 0 Å². The maximum Gasteiger partial charge on any atom is 0.310 e. The SMILES string of the molecule is COC(=O)Cc1ccc(CNCc2scnc2C)s1. The third-order valence-corrected chi connectivity index (χ3v) is 4.71. The first-order chi connectivity index (χ1) is 9.19. The van der Waals surface area contributed by atoms with E-state index in [0.717, 1.165) is 23.7 Å². The van der Waals surface area contributed by atoms with E-state index in [-0.39, 0.29) is 5.97 Å². The first-order valence-electron chi connectivity index (χ1n) is 5.93. The molecule has 0 saturated heterocycles. The van der Waals surface area contributed by atoms with E-state index in [1.54, 1.807) is 22.7 Å². The zero-order chi connectivity index (χ0) is 13.7. The Morgan fingerprint density at radius 1 is 1.37 bits per heavy atom. The molecule has 0 spiro atoms. The van der Waals surface area contributed by atoms with E-state index < -0.39 is 0 Å². The molecule has 0 unspecified atom stereocenters. The highest BCUT2D eigenvalue weighted by atomic mass is 32.1. The van der Waals surface area contributed by atoms with E-state index in [0.29, 0.717) is 6.42 Å². The molecule has 0 bridgehead atoms. The van der Waals surface area contributed by atoms with Gasteiger partial charge in [0, 0.05) is 27.7 Å². The van der Waals surface area contributed by atoms with Gasteiger partial charge in [0.15, 0.2) is 0 Å². The van der Waals surface area contributed by atoms with E-state index in [1.165, 1.54) is 16.9 Å². The van der Waals surface area contributed by atoms with E-state index in [4.69, 9.17) is 0 Å². The Balaban J connectivity index is 1.80. The molecule has 2 aromatic heterocycles. The number of hydrogen-bond acceptors (Lipinski definition) is 6. The number of methoxy groups -OCH3 is 1. The molecule has 0 aliphatic carbocycles.